The van der Waals surface area contributed by atoms with Gasteiger partial charge in [0.25, 0.3) is 0 Å². The lowest BCUT2D eigenvalue weighted by Crippen LogP contribution is -2.29. The molecule has 1 aliphatic carbocycles. The van der Waals surface area contributed by atoms with Crippen LogP contribution in [0.1, 0.15) is 30.9 Å². The van der Waals surface area contributed by atoms with Crippen LogP contribution in [0.2, 0.25) is 0 Å². The number of nitrogens with one attached hydrogen (secondary N) is 1. The molecule has 0 radical (unpaired) electrons. The molecule has 1 atom stereocenters. The second-order valence-corrected chi connectivity index (χ2v) is 6.33. The number of rotatable bonds is 6. The van der Waals surface area contributed by atoms with Gasteiger partial charge in [-0.1, -0.05) is 17.7 Å². The van der Waals surface area contributed by atoms with E-state index in [0.717, 1.165) is 18.5 Å². The molecule has 94 valence electrons. The maximum Gasteiger partial charge on any atom is 0.0106 e. The predicted octanol–water partition coefficient (Wildman–Crippen LogP) is 3.78. The lowest BCUT2D eigenvalue weighted by atomic mass is 10.2. The summed E-state index contributed by atoms with van der Waals surface area (Å²) >= 11 is 1.97. The van der Waals surface area contributed by atoms with E-state index in [1.165, 1.54) is 34.6 Å². The van der Waals surface area contributed by atoms with E-state index in [1.54, 1.807) is 0 Å². The van der Waals surface area contributed by atoms with Crippen LogP contribution in [0.25, 0.3) is 0 Å². The highest BCUT2D eigenvalue weighted by Crippen LogP contribution is 2.32. The lowest BCUT2D eigenvalue weighted by molar-refractivity contribution is 0.514. The molecule has 1 fully saturated rings. The van der Waals surface area contributed by atoms with Crippen molar-refractivity contribution in [3.63, 3.8) is 0 Å². The average Bonchev–Trinajstić information content (AvgIpc) is 3.10. The molecule has 0 aromatic heterocycles. The van der Waals surface area contributed by atoms with Gasteiger partial charge in [0.05, 0.1) is 0 Å². The van der Waals surface area contributed by atoms with E-state index in [-0.39, 0.29) is 0 Å². The van der Waals surface area contributed by atoms with E-state index >= 15 is 0 Å². The Hall–Kier alpha value is -0.470. The van der Waals surface area contributed by atoms with Gasteiger partial charge in [0.2, 0.25) is 0 Å². The van der Waals surface area contributed by atoms with E-state index in [9.17, 15) is 0 Å². The number of thioether (sulfide) groups is 1. The minimum Gasteiger partial charge on any atom is -0.313 e. The summed E-state index contributed by atoms with van der Waals surface area (Å²) in [5.74, 6) is 2.13. The highest BCUT2D eigenvalue weighted by Gasteiger charge is 2.27. The van der Waals surface area contributed by atoms with Gasteiger partial charge in [0.15, 0.2) is 0 Å². The van der Waals surface area contributed by atoms with E-state index < -0.39 is 0 Å². The van der Waals surface area contributed by atoms with Crippen molar-refractivity contribution in [2.45, 2.75) is 44.6 Å². The van der Waals surface area contributed by atoms with Gasteiger partial charge in [-0.25, -0.2) is 0 Å². The Morgan fingerprint density at radius 3 is 2.76 bits per heavy atom. The van der Waals surface area contributed by atoms with E-state index in [1.807, 2.05) is 11.8 Å². The highest BCUT2D eigenvalue weighted by molar-refractivity contribution is 7.99. The smallest absolute Gasteiger partial charge is 0.0106 e. The summed E-state index contributed by atoms with van der Waals surface area (Å²) in [5.41, 5.74) is 2.76. The lowest BCUT2D eigenvalue weighted by Gasteiger charge is -2.12. The third kappa shape index (κ3) is 4.04. The highest BCUT2D eigenvalue weighted by atomic mass is 32.2. The van der Waals surface area contributed by atoms with Crippen LogP contribution in [0.3, 0.4) is 0 Å². The molecular weight excluding hydrogens is 226 g/mol. The summed E-state index contributed by atoms with van der Waals surface area (Å²) < 4.78 is 0. The van der Waals surface area contributed by atoms with Crippen LogP contribution in [0.5, 0.6) is 0 Å². The number of benzene rings is 1. The first kappa shape index (κ1) is 13.0. The summed E-state index contributed by atoms with van der Waals surface area (Å²) in [6, 6.07) is 7.44. The second kappa shape index (κ2) is 5.92. The van der Waals surface area contributed by atoms with Gasteiger partial charge in [-0.15, -0.1) is 11.8 Å². The van der Waals surface area contributed by atoms with E-state index in [2.05, 4.69) is 44.3 Å². The molecule has 1 unspecified atom stereocenters. The molecule has 2 rings (SSSR count). The van der Waals surface area contributed by atoms with Crippen molar-refractivity contribution in [2.75, 3.05) is 12.3 Å². The molecule has 1 aliphatic rings. The molecular formula is C15H23NS. The Bertz CT molecular complexity index is 371. The van der Waals surface area contributed by atoms with Gasteiger partial charge < -0.3 is 5.32 Å². The van der Waals surface area contributed by atoms with Crippen molar-refractivity contribution in [3.8, 4) is 0 Å². The molecule has 17 heavy (non-hydrogen) atoms. The Morgan fingerprint density at radius 2 is 2.12 bits per heavy atom. The summed E-state index contributed by atoms with van der Waals surface area (Å²) in [6.07, 6.45) is 2.86. The van der Waals surface area contributed by atoms with Gasteiger partial charge in [-0.3, -0.25) is 0 Å². The van der Waals surface area contributed by atoms with Crippen LogP contribution in [0, 0.1) is 19.8 Å². The Kier molecular flexibility index (Phi) is 4.52. The van der Waals surface area contributed by atoms with Crippen molar-refractivity contribution in [1.82, 2.24) is 5.32 Å². The van der Waals surface area contributed by atoms with Crippen molar-refractivity contribution in [3.05, 3.63) is 29.3 Å². The Labute approximate surface area is 109 Å². The van der Waals surface area contributed by atoms with Crippen molar-refractivity contribution in [1.29, 1.82) is 0 Å². The van der Waals surface area contributed by atoms with E-state index in [0.29, 0.717) is 0 Å². The molecule has 1 aromatic carbocycles. The minimum absolute atomic E-state index is 0.717. The zero-order valence-electron chi connectivity index (χ0n) is 11.1. The number of hydrogen-bond donors (Lipinski definition) is 1. The van der Waals surface area contributed by atoms with Crippen LogP contribution >= 0.6 is 11.8 Å². The Balaban J connectivity index is 1.70. The van der Waals surface area contributed by atoms with Gasteiger partial charge >= 0.3 is 0 Å². The molecule has 0 aliphatic heterocycles. The SMILES string of the molecule is Cc1ccc(SCCNC(C)C2CC2)c(C)c1. The largest absolute Gasteiger partial charge is 0.313 e. The molecule has 0 bridgehead atoms. The molecule has 1 saturated carbocycles. The first-order chi connectivity index (χ1) is 8.16. The summed E-state index contributed by atoms with van der Waals surface area (Å²) in [6.45, 7) is 7.80. The maximum absolute atomic E-state index is 3.62. The zero-order valence-corrected chi connectivity index (χ0v) is 11.9. The quantitative estimate of drug-likeness (QED) is 0.608. The fourth-order valence-electron chi connectivity index (χ4n) is 2.17. The maximum atomic E-state index is 3.62. The third-order valence-electron chi connectivity index (χ3n) is 3.49. The zero-order chi connectivity index (χ0) is 12.3. The first-order valence-corrected chi connectivity index (χ1v) is 7.59. The van der Waals surface area contributed by atoms with Crippen molar-refractivity contribution in [2.24, 2.45) is 5.92 Å². The molecule has 0 heterocycles. The van der Waals surface area contributed by atoms with Crippen LogP contribution in [0.15, 0.2) is 23.1 Å². The van der Waals surface area contributed by atoms with Crippen LogP contribution in [-0.4, -0.2) is 18.3 Å². The van der Waals surface area contributed by atoms with Crippen molar-refractivity contribution < 1.29 is 0 Å². The molecule has 0 amide bonds. The minimum atomic E-state index is 0.717. The standard InChI is InChI=1S/C15H23NS/c1-11-4-7-15(12(2)10-11)17-9-8-16-13(3)14-5-6-14/h4,7,10,13-14,16H,5-6,8-9H2,1-3H3. The summed E-state index contributed by atoms with van der Waals surface area (Å²) in [4.78, 5) is 1.43. The van der Waals surface area contributed by atoms with E-state index in [4.69, 9.17) is 0 Å². The third-order valence-corrected chi connectivity index (χ3v) is 4.66. The van der Waals surface area contributed by atoms with Gasteiger partial charge in [-0.05, 0) is 51.2 Å². The summed E-state index contributed by atoms with van der Waals surface area (Å²) in [5, 5.41) is 3.62. The molecule has 0 spiro atoms. The van der Waals surface area contributed by atoms with Gasteiger partial charge in [0, 0.05) is 23.2 Å². The predicted molar refractivity (Wildman–Crippen MR) is 76.8 cm³/mol. The van der Waals surface area contributed by atoms with Gasteiger partial charge in [0.1, 0.15) is 0 Å². The average molecular weight is 249 g/mol. The van der Waals surface area contributed by atoms with Crippen LogP contribution < -0.4 is 5.32 Å². The first-order valence-electron chi connectivity index (χ1n) is 6.60. The fraction of sp³-hybridized carbons (Fsp3) is 0.600. The van der Waals surface area contributed by atoms with Gasteiger partial charge in [-0.2, -0.15) is 0 Å². The molecule has 1 N–H and O–H groups in total. The second-order valence-electron chi connectivity index (χ2n) is 5.20. The molecule has 0 saturated heterocycles. The van der Waals surface area contributed by atoms with Crippen LogP contribution in [0.4, 0.5) is 0 Å². The number of aryl methyl sites for hydroxylation is 2. The molecule has 2 heteroatoms. The number of hydrogen-bond acceptors (Lipinski definition) is 2. The molecule has 1 aromatic rings. The van der Waals surface area contributed by atoms with Crippen molar-refractivity contribution >= 4 is 11.8 Å². The molecule has 1 nitrogen and oxygen atoms in total. The monoisotopic (exact) mass is 249 g/mol. The Morgan fingerprint density at radius 1 is 1.35 bits per heavy atom. The van der Waals surface area contributed by atoms with Crippen LogP contribution in [-0.2, 0) is 0 Å². The normalized spacial score (nSPS) is 17.1. The topological polar surface area (TPSA) is 12.0 Å². The fourth-order valence-corrected chi connectivity index (χ4v) is 3.06. The summed E-state index contributed by atoms with van der Waals surface area (Å²) in [7, 11) is 0.